The summed E-state index contributed by atoms with van der Waals surface area (Å²) in [6.45, 7) is 10.5. The summed E-state index contributed by atoms with van der Waals surface area (Å²) < 4.78 is 23.0. The summed E-state index contributed by atoms with van der Waals surface area (Å²) in [7, 11) is 3.24. The lowest BCUT2D eigenvalue weighted by atomic mass is 9.89. The van der Waals surface area contributed by atoms with Gasteiger partial charge in [0, 0.05) is 71.6 Å². The molecule has 0 atom stereocenters. The van der Waals surface area contributed by atoms with E-state index in [1.165, 1.54) is 0 Å². The highest BCUT2D eigenvalue weighted by Gasteiger charge is 2.24. The van der Waals surface area contributed by atoms with Crippen molar-refractivity contribution in [1.82, 2.24) is 15.8 Å². The Morgan fingerprint density at radius 2 is 1.43 bits per heavy atom. The number of rotatable bonds is 16. The number of nitrogens with zero attached hydrogens (tertiary/aromatic N) is 2. The molecule has 1 aliphatic carbocycles. The average Bonchev–Trinajstić information content (AvgIpc) is 3.68. The third-order valence-electron chi connectivity index (χ3n) is 10.6. The molecule has 1 aromatic heterocycles. The molecule has 2 heterocycles. The van der Waals surface area contributed by atoms with Gasteiger partial charge in [-0.05, 0) is 117 Å². The van der Waals surface area contributed by atoms with Crippen LogP contribution in [0.2, 0.25) is 0 Å². The molecule has 4 aromatic carbocycles. The Balaban J connectivity index is 1.03. The minimum atomic E-state index is -0.187. The van der Waals surface area contributed by atoms with Crippen molar-refractivity contribution in [3.05, 3.63) is 125 Å². The molecule has 0 unspecified atom stereocenters. The molecule has 5 aromatic rings. The fraction of sp³-hybridized carbons (Fsp3) is 0.265. The predicted octanol–water partition coefficient (Wildman–Crippen LogP) is 9.38. The quantitative estimate of drug-likeness (QED) is 0.0649. The van der Waals surface area contributed by atoms with Gasteiger partial charge in [-0.25, -0.2) is 0 Å². The van der Waals surface area contributed by atoms with E-state index in [4.69, 9.17) is 23.4 Å². The molecule has 7 rings (SSSR count). The first kappa shape index (κ1) is 41.3. The van der Waals surface area contributed by atoms with Gasteiger partial charge in [0.1, 0.15) is 28.5 Å². The van der Waals surface area contributed by atoms with Gasteiger partial charge in [0.05, 0.1) is 31.6 Å². The molecule has 11 nitrogen and oxygen atoms in total. The monoisotopic (exact) mass is 805 g/mol. The minimum Gasteiger partial charge on any atom is -0.497 e. The Morgan fingerprint density at radius 3 is 2.12 bits per heavy atom. The van der Waals surface area contributed by atoms with E-state index in [-0.39, 0.29) is 18.2 Å². The zero-order valence-electron chi connectivity index (χ0n) is 35.0. The van der Waals surface area contributed by atoms with Crippen LogP contribution in [-0.4, -0.2) is 57.4 Å². The van der Waals surface area contributed by atoms with Crippen molar-refractivity contribution < 1.29 is 28.0 Å². The second-order valence-electron chi connectivity index (χ2n) is 14.6. The molecule has 3 N–H and O–H groups in total. The number of amides is 2. The van der Waals surface area contributed by atoms with Gasteiger partial charge < -0.3 is 34.4 Å². The van der Waals surface area contributed by atoms with E-state index >= 15 is 0 Å². The van der Waals surface area contributed by atoms with Crippen molar-refractivity contribution in [3.8, 4) is 56.3 Å². The number of carbonyl (C=O) groups is 2. The molecular formula is C49H51N5O6. The highest BCUT2D eigenvalue weighted by molar-refractivity contribution is 6.09. The lowest BCUT2D eigenvalue weighted by Gasteiger charge is -2.20. The summed E-state index contributed by atoms with van der Waals surface area (Å²) in [5.74, 6) is 2.25. The number of fused-ring (bicyclic) bond motifs is 2. The predicted molar refractivity (Wildman–Crippen MR) is 237 cm³/mol. The molecule has 0 spiro atoms. The molecule has 0 fully saturated rings. The van der Waals surface area contributed by atoms with E-state index in [0.717, 1.165) is 84.6 Å². The van der Waals surface area contributed by atoms with E-state index in [2.05, 4.69) is 54.0 Å². The summed E-state index contributed by atoms with van der Waals surface area (Å²) in [6.07, 6.45) is 1.35. The first-order valence-electron chi connectivity index (χ1n) is 20.4. The van der Waals surface area contributed by atoms with Crippen molar-refractivity contribution in [3.63, 3.8) is 0 Å². The lowest BCUT2D eigenvalue weighted by Crippen LogP contribution is -2.28. The molecular weight excluding hydrogens is 755 g/mol. The van der Waals surface area contributed by atoms with Crippen LogP contribution in [0.1, 0.15) is 53.9 Å². The number of carbonyl (C=O) groups excluding carboxylic acids is 2. The van der Waals surface area contributed by atoms with Crippen molar-refractivity contribution in [2.75, 3.05) is 45.7 Å². The van der Waals surface area contributed by atoms with Crippen molar-refractivity contribution in [2.45, 2.75) is 47.0 Å². The van der Waals surface area contributed by atoms with Crippen LogP contribution in [0, 0.1) is 13.8 Å². The van der Waals surface area contributed by atoms with Gasteiger partial charge in [-0.15, -0.1) is 0 Å². The van der Waals surface area contributed by atoms with Crippen LogP contribution in [0.5, 0.6) is 11.5 Å². The molecule has 0 radical (unpaired) electrons. The van der Waals surface area contributed by atoms with Crippen LogP contribution >= 0.6 is 0 Å². The van der Waals surface area contributed by atoms with Crippen LogP contribution < -0.4 is 30.8 Å². The maximum atomic E-state index is 13.9. The SMILES string of the molecule is CCN=c1cc2oc3cc(NCC)c(C)cc3c(-c3ccccc3C(=O)NCCCCNC(=O)Cc3onc(-c4ccc(OC)cc4)c3-c3ccc(OC)cc3)c-2cc1C. The fourth-order valence-electron chi connectivity index (χ4n) is 7.53. The minimum absolute atomic E-state index is 0.0122. The zero-order valence-corrected chi connectivity index (χ0v) is 35.0. The van der Waals surface area contributed by atoms with Crippen LogP contribution in [0.3, 0.4) is 0 Å². The fourth-order valence-corrected chi connectivity index (χ4v) is 7.53. The van der Waals surface area contributed by atoms with E-state index in [1.54, 1.807) is 14.2 Å². The molecule has 2 aliphatic rings. The topological polar surface area (TPSA) is 140 Å². The smallest absolute Gasteiger partial charge is 0.251 e. The normalized spacial score (nSPS) is 11.5. The van der Waals surface area contributed by atoms with Crippen molar-refractivity contribution in [2.24, 2.45) is 4.99 Å². The first-order chi connectivity index (χ1) is 29.2. The van der Waals surface area contributed by atoms with Gasteiger partial charge >= 0.3 is 0 Å². The van der Waals surface area contributed by atoms with Gasteiger partial charge in [-0.1, -0.05) is 35.5 Å². The highest BCUT2D eigenvalue weighted by atomic mass is 16.5. The number of benzene rings is 5. The standard InChI is InChI=1S/C49H51N5O6/c1-7-50-40-27-42-38(25-30(40)3)47(39-26-31(4)41(51-8-2)28-43(39)59-42)36-13-9-10-14-37(36)49(56)53-24-12-11-23-52-45(55)29-44-46(32-15-19-34(57-5)20-16-32)48(54-60-44)33-17-21-35(58-6)22-18-33/h9-10,13-22,25-28,50H,7-8,11-12,23-24,29H2,1-6H3,(H,52,55)(H,53,56). The molecule has 0 saturated heterocycles. The maximum Gasteiger partial charge on any atom is 0.251 e. The number of aryl methyl sites for hydroxylation is 2. The number of nitrogens with one attached hydrogen (secondary N) is 3. The van der Waals surface area contributed by atoms with Crippen LogP contribution in [0.4, 0.5) is 5.69 Å². The number of unbranched alkanes of at least 4 members (excludes halogenated alkanes) is 1. The Bertz CT molecular complexity index is 2660. The van der Waals surface area contributed by atoms with E-state index < -0.39 is 0 Å². The maximum absolute atomic E-state index is 13.9. The number of ether oxygens (including phenoxy) is 2. The van der Waals surface area contributed by atoms with E-state index in [9.17, 15) is 9.59 Å². The second-order valence-corrected chi connectivity index (χ2v) is 14.6. The molecule has 2 amide bonds. The average molecular weight is 806 g/mol. The number of aromatic nitrogens is 1. The third kappa shape index (κ3) is 8.90. The first-order valence-corrected chi connectivity index (χ1v) is 20.4. The number of hydrogen-bond donors (Lipinski definition) is 3. The summed E-state index contributed by atoms with van der Waals surface area (Å²) >= 11 is 0. The molecule has 308 valence electrons. The Kier molecular flexibility index (Phi) is 12.9. The molecule has 1 aliphatic heterocycles. The van der Waals surface area contributed by atoms with Crippen LogP contribution in [0.15, 0.2) is 111 Å². The van der Waals surface area contributed by atoms with Crippen LogP contribution in [-0.2, 0) is 11.2 Å². The summed E-state index contributed by atoms with van der Waals surface area (Å²) in [5, 5.41) is 15.8. The van der Waals surface area contributed by atoms with Gasteiger partial charge in [0.2, 0.25) is 5.91 Å². The molecule has 0 bridgehead atoms. The van der Waals surface area contributed by atoms with Gasteiger partial charge in [-0.2, -0.15) is 0 Å². The number of anilines is 1. The van der Waals surface area contributed by atoms with Gasteiger partial charge in [0.25, 0.3) is 5.91 Å². The lowest BCUT2D eigenvalue weighted by molar-refractivity contribution is -0.120. The Labute approximate surface area is 350 Å². The zero-order chi connectivity index (χ0) is 42.2. The number of methoxy groups -OCH3 is 2. The molecule has 0 saturated carbocycles. The van der Waals surface area contributed by atoms with Gasteiger partial charge in [0.15, 0.2) is 5.76 Å². The van der Waals surface area contributed by atoms with Crippen molar-refractivity contribution >= 4 is 28.5 Å². The third-order valence-corrected chi connectivity index (χ3v) is 10.6. The Morgan fingerprint density at radius 1 is 0.750 bits per heavy atom. The van der Waals surface area contributed by atoms with Gasteiger partial charge in [-0.3, -0.25) is 14.6 Å². The highest BCUT2D eigenvalue weighted by Crippen LogP contribution is 2.43. The van der Waals surface area contributed by atoms with E-state index in [1.807, 2.05) is 91.9 Å². The summed E-state index contributed by atoms with van der Waals surface area (Å²) in [6, 6.07) is 31.1. The Hall–Kier alpha value is -6.88. The van der Waals surface area contributed by atoms with Crippen LogP contribution in [0.25, 0.3) is 55.8 Å². The number of hydrogen-bond acceptors (Lipinski definition) is 9. The molecule has 11 heteroatoms. The molecule has 60 heavy (non-hydrogen) atoms. The second kappa shape index (κ2) is 18.8. The summed E-state index contributed by atoms with van der Waals surface area (Å²) in [4.78, 5) is 31.9. The van der Waals surface area contributed by atoms with Crippen molar-refractivity contribution in [1.29, 1.82) is 0 Å². The van der Waals surface area contributed by atoms with E-state index in [0.29, 0.717) is 55.3 Å². The largest absolute Gasteiger partial charge is 0.497 e. The summed E-state index contributed by atoms with van der Waals surface area (Å²) in [5.41, 5.74) is 10.2.